The SMILES string of the molecule is O=C(NC1CC1)[C@@H](Sc1nc2ccc(Cl)cc2o1)c1ccccc1. The van der Waals surface area contributed by atoms with E-state index in [-0.39, 0.29) is 5.91 Å². The zero-order chi connectivity index (χ0) is 16.5. The van der Waals surface area contributed by atoms with Crippen LogP contribution in [0.15, 0.2) is 58.2 Å². The van der Waals surface area contributed by atoms with E-state index in [1.54, 1.807) is 12.1 Å². The largest absolute Gasteiger partial charge is 0.431 e. The molecule has 4 nitrogen and oxygen atoms in total. The van der Waals surface area contributed by atoms with Crippen LogP contribution in [0.3, 0.4) is 0 Å². The lowest BCUT2D eigenvalue weighted by atomic mass is 10.1. The van der Waals surface area contributed by atoms with Gasteiger partial charge in [-0.3, -0.25) is 4.79 Å². The Balaban J connectivity index is 1.63. The maximum atomic E-state index is 12.6. The van der Waals surface area contributed by atoms with Crippen LogP contribution in [0.25, 0.3) is 11.1 Å². The normalized spacial score (nSPS) is 15.4. The third kappa shape index (κ3) is 3.42. The zero-order valence-electron chi connectivity index (χ0n) is 12.7. The highest BCUT2D eigenvalue weighted by Crippen LogP contribution is 2.37. The van der Waals surface area contributed by atoms with Gasteiger partial charge in [0, 0.05) is 17.1 Å². The Morgan fingerprint density at radius 3 is 2.79 bits per heavy atom. The van der Waals surface area contributed by atoms with E-state index < -0.39 is 5.25 Å². The van der Waals surface area contributed by atoms with Crippen LogP contribution in [-0.4, -0.2) is 16.9 Å². The van der Waals surface area contributed by atoms with Crippen LogP contribution >= 0.6 is 23.4 Å². The van der Waals surface area contributed by atoms with Gasteiger partial charge in [0.25, 0.3) is 5.22 Å². The molecule has 1 heterocycles. The van der Waals surface area contributed by atoms with Gasteiger partial charge in [-0.05, 0) is 42.3 Å². The number of nitrogens with zero attached hydrogens (tertiary/aromatic N) is 1. The average molecular weight is 359 g/mol. The van der Waals surface area contributed by atoms with Crippen molar-refractivity contribution >= 4 is 40.4 Å². The second-order valence-electron chi connectivity index (χ2n) is 5.78. The molecule has 0 aliphatic heterocycles. The summed E-state index contributed by atoms with van der Waals surface area (Å²) in [5.41, 5.74) is 2.29. The van der Waals surface area contributed by atoms with Crippen molar-refractivity contribution in [2.24, 2.45) is 0 Å². The van der Waals surface area contributed by atoms with Crippen molar-refractivity contribution in [3.05, 3.63) is 59.1 Å². The summed E-state index contributed by atoms with van der Waals surface area (Å²) < 4.78 is 5.76. The van der Waals surface area contributed by atoms with Gasteiger partial charge in [0.15, 0.2) is 5.58 Å². The fraction of sp³-hybridized carbons (Fsp3) is 0.222. The molecular weight excluding hydrogens is 344 g/mol. The van der Waals surface area contributed by atoms with Crippen LogP contribution in [0.1, 0.15) is 23.7 Å². The Bertz CT molecular complexity index is 877. The van der Waals surface area contributed by atoms with E-state index in [1.807, 2.05) is 36.4 Å². The molecule has 122 valence electrons. The molecule has 4 rings (SSSR count). The molecule has 3 aromatic rings. The molecular formula is C18H15ClN2O2S. The van der Waals surface area contributed by atoms with Gasteiger partial charge in [0.2, 0.25) is 5.91 Å². The van der Waals surface area contributed by atoms with Crippen LogP contribution in [0, 0.1) is 0 Å². The topological polar surface area (TPSA) is 55.1 Å². The van der Waals surface area contributed by atoms with Crippen molar-refractivity contribution in [2.45, 2.75) is 29.4 Å². The summed E-state index contributed by atoms with van der Waals surface area (Å²) in [6.07, 6.45) is 2.11. The molecule has 1 atom stereocenters. The smallest absolute Gasteiger partial charge is 0.257 e. The summed E-state index contributed by atoms with van der Waals surface area (Å²) in [4.78, 5) is 17.1. The molecule has 1 aromatic heterocycles. The summed E-state index contributed by atoms with van der Waals surface area (Å²) in [5, 5.41) is 3.74. The molecule has 0 spiro atoms. The van der Waals surface area contributed by atoms with Gasteiger partial charge >= 0.3 is 0 Å². The minimum Gasteiger partial charge on any atom is -0.431 e. The number of rotatable bonds is 5. The summed E-state index contributed by atoms with van der Waals surface area (Å²) in [7, 11) is 0. The van der Waals surface area contributed by atoms with E-state index in [2.05, 4.69) is 10.3 Å². The third-order valence-corrected chi connectivity index (χ3v) is 5.15. The summed E-state index contributed by atoms with van der Waals surface area (Å²) in [6, 6.07) is 15.3. The summed E-state index contributed by atoms with van der Waals surface area (Å²) in [5.74, 6) is -0.00557. The number of benzene rings is 2. The Morgan fingerprint density at radius 1 is 1.25 bits per heavy atom. The lowest BCUT2D eigenvalue weighted by Crippen LogP contribution is -2.29. The first-order valence-corrected chi connectivity index (χ1v) is 9.03. The average Bonchev–Trinajstić information content (AvgIpc) is 3.30. The van der Waals surface area contributed by atoms with Gasteiger partial charge in [-0.2, -0.15) is 0 Å². The van der Waals surface area contributed by atoms with Crippen molar-refractivity contribution < 1.29 is 9.21 Å². The molecule has 1 aliphatic rings. The maximum absolute atomic E-state index is 12.6. The van der Waals surface area contributed by atoms with Crippen molar-refractivity contribution in [3.8, 4) is 0 Å². The standard InChI is InChI=1S/C18H15ClN2O2S/c19-12-6-9-14-15(10-12)23-18(21-14)24-16(11-4-2-1-3-5-11)17(22)20-13-7-8-13/h1-6,9-10,13,16H,7-8H2,(H,20,22)/t16-/m0/s1. The third-order valence-electron chi connectivity index (χ3n) is 3.81. The monoisotopic (exact) mass is 358 g/mol. The highest BCUT2D eigenvalue weighted by molar-refractivity contribution is 8.00. The first-order chi connectivity index (χ1) is 11.7. The van der Waals surface area contributed by atoms with E-state index >= 15 is 0 Å². The molecule has 1 N–H and O–H groups in total. The summed E-state index contributed by atoms with van der Waals surface area (Å²) in [6.45, 7) is 0. The van der Waals surface area contributed by atoms with Crippen molar-refractivity contribution in [1.82, 2.24) is 10.3 Å². The number of hydrogen-bond acceptors (Lipinski definition) is 4. The first-order valence-electron chi connectivity index (χ1n) is 7.77. The van der Waals surface area contributed by atoms with E-state index in [9.17, 15) is 4.79 Å². The number of oxazole rings is 1. The van der Waals surface area contributed by atoms with E-state index in [1.165, 1.54) is 11.8 Å². The number of halogens is 1. The highest BCUT2D eigenvalue weighted by atomic mass is 35.5. The predicted molar refractivity (Wildman–Crippen MR) is 95.2 cm³/mol. The second kappa shape index (κ2) is 6.49. The van der Waals surface area contributed by atoms with Crippen molar-refractivity contribution in [3.63, 3.8) is 0 Å². The Kier molecular flexibility index (Phi) is 4.21. The quantitative estimate of drug-likeness (QED) is 0.677. The molecule has 1 saturated carbocycles. The number of thioether (sulfide) groups is 1. The Hall–Kier alpha value is -1.98. The fourth-order valence-corrected chi connectivity index (χ4v) is 3.55. The number of nitrogens with one attached hydrogen (secondary N) is 1. The minimum absolute atomic E-state index is 0.00557. The Labute approximate surface area is 148 Å². The van der Waals surface area contributed by atoms with E-state index in [4.69, 9.17) is 16.0 Å². The fourth-order valence-electron chi connectivity index (χ4n) is 2.43. The highest BCUT2D eigenvalue weighted by Gasteiger charge is 2.30. The van der Waals surface area contributed by atoms with Gasteiger partial charge < -0.3 is 9.73 Å². The molecule has 0 unspecified atom stereocenters. The van der Waals surface area contributed by atoms with Gasteiger partial charge in [0.05, 0.1) is 0 Å². The molecule has 24 heavy (non-hydrogen) atoms. The molecule has 1 fully saturated rings. The van der Waals surface area contributed by atoms with E-state index in [0.29, 0.717) is 21.9 Å². The number of amides is 1. The maximum Gasteiger partial charge on any atom is 0.257 e. The molecule has 1 amide bonds. The molecule has 0 saturated heterocycles. The van der Waals surface area contributed by atoms with Gasteiger partial charge in [-0.1, -0.05) is 41.9 Å². The first kappa shape index (κ1) is 15.5. The van der Waals surface area contributed by atoms with Crippen LogP contribution in [0.5, 0.6) is 0 Å². The van der Waals surface area contributed by atoms with Crippen LogP contribution in [0.4, 0.5) is 0 Å². The molecule has 6 heteroatoms. The molecule has 2 aromatic carbocycles. The number of aromatic nitrogens is 1. The van der Waals surface area contributed by atoms with Crippen LogP contribution < -0.4 is 5.32 Å². The number of carbonyl (C=O) groups excluding carboxylic acids is 1. The minimum atomic E-state index is -0.393. The van der Waals surface area contributed by atoms with Gasteiger partial charge in [-0.25, -0.2) is 4.98 Å². The van der Waals surface area contributed by atoms with Crippen molar-refractivity contribution in [2.75, 3.05) is 0 Å². The lowest BCUT2D eigenvalue weighted by molar-refractivity contribution is -0.120. The van der Waals surface area contributed by atoms with Gasteiger partial charge in [-0.15, -0.1) is 0 Å². The Morgan fingerprint density at radius 2 is 2.04 bits per heavy atom. The predicted octanol–water partition coefficient (Wildman–Crippen LogP) is 4.59. The number of carbonyl (C=O) groups is 1. The van der Waals surface area contributed by atoms with Crippen LogP contribution in [0.2, 0.25) is 5.02 Å². The summed E-state index contributed by atoms with van der Waals surface area (Å²) >= 11 is 7.30. The van der Waals surface area contributed by atoms with E-state index in [0.717, 1.165) is 23.9 Å². The zero-order valence-corrected chi connectivity index (χ0v) is 14.3. The molecule has 0 bridgehead atoms. The van der Waals surface area contributed by atoms with Crippen LogP contribution in [-0.2, 0) is 4.79 Å². The molecule has 0 radical (unpaired) electrons. The molecule has 1 aliphatic carbocycles. The number of fused-ring (bicyclic) bond motifs is 1. The lowest BCUT2D eigenvalue weighted by Gasteiger charge is -2.14. The van der Waals surface area contributed by atoms with Gasteiger partial charge in [0.1, 0.15) is 10.8 Å². The van der Waals surface area contributed by atoms with Crippen molar-refractivity contribution in [1.29, 1.82) is 0 Å². The number of hydrogen-bond donors (Lipinski definition) is 1. The second-order valence-corrected chi connectivity index (χ2v) is 7.28.